The standard InChI is InChI=1S/C14H14ClN5O3S/c15-12-2-1-3-16-13(12)20-6-9(5-17-20)18-14(21)19-7-11-4-10(19)8-24(11,22)23/h1-3,5-6,10-11H,4,7-8H2,(H,18,21)/t10-,11-/m0/s1. The smallest absolute Gasteiger partial charge is 0.319 e. The number of nitrogens with zero attached hydrogens (tertiary/aromatic N) is 4. The highest BCUT2D eigenvalue weighted by Gasteiger charge is 2.50. The van der Waals surface area contributed by atoms with Crippen LogP contribution in [0.3, 0.4) is 0 Å². The Kier molecular flexibility index (Phi) is 3.50. The summed E-state index contributed by atoms with van der Waals surface area (Å²) in [7, 11) is -3.02. The monoisotopic (exact) mass is 367 g/mol. The summed E-state index contributed by atoms with van der Waals surface area (Å²) in [4.78, 5) is 18.1. The largest absolute Gasteiger partial charge is 0.322 e. The van der Waals surface area contributed by atoms with Gasteiger partial charge in [-0.3, -0.25) is 0 Å². The number of carbonyl (C=O) groups is 1. The molecule has 0 radical (unpaired) electrons. The summed E-state index contributed by atoms with van der Waals surface area (Å²) in [5.74, 6) is 0.513. The van der Waals surface area contributed by atoms with Crippen LogP contribution in [0.4, 0.5) is 10.5 Å². The van der Waals surface area contributed by atoms with Gasteiger partial charge in [-0.2, -0.15) is 5.10 Å². The van der Waals surface area contributed by atoms with Gasteiger partial charge in [-0.25, -0.2) is 22.9 Å². The summed E-state index contributed by atoms with van der Waals surface area (Å²) in [5, 5.41) is 6.90. The maximum atomic E-state index is 12.4. The van der Waals surface area contributed by atoms with Crippen LogP contribution in [0.1, 0.15) is 6.42 Å². The van der Waals surface area contributed by atoms with E-state index in [0.29, 0.717) is 22.9 Å². The normalized spacial score (nSPS) is 24.3. The number of nitrogens with one attached hydrogen (secondary N) is 1. The van der Waals surface area contributed by atoms with E-state index in [2.05, 4.69) is 15.4 Å². The molecule has 2 atom stereocenters. The summed E-state index contributed by atoms with van der Waals surface area (Å²) in [6, 6.07) is 2.86. The van der Waals surface area contributed by atoms with Gasteiger partial charge in [-0.1, -0.05) is 11.6 Å². The van der Waals surface area contributed by atoms with E-state index in [9.17, 15) is 13.2 Å². The first-order chi connectivity index (χ1) is 11.4. The molecular weight excluding hydrogens is 354 g/mol. The van der Waals surface area contributed by atoms with E-state index in [1.165, 1.54) is 10.9 Å². The molecule has 0 aromatic carbocycles. The van der Waals surface area contributed by atoms with Gasteiger partial charge in [0.1, 0.15) is 0 Å². The lowest BCUT2D eigenvalue weighted by atomic mass is 10.2. The van der Waals surface area contributed by atoms with Gasteiger partial charge in [0.25, 0.3) is 0 Å². The Morgan fingerprint density at radius 2 is 2.25 bits per heavy atom. The van der Waals surface area contributed by atoms with Crippen LogP contribution < -0.4 is 5.32 Å². The number of hydrogen-bond donors (Lipinski definition) is 1. The number of aromatic nitrogens is 3. The Hall–Kier alpha value is -2.13. The van der Waals surface area contributed by atoms with Crippen LogP contribution in [0.5, 0.6) is 0 Å². The van der Waals surface area contributed by atoms with Gasteiger partial charge in [0.2, 0.25) is 0 Å². The lowest BCUT2D eigenvalue weighted by molar-refractivity contribution is 0.209. The number of hydrogen-bond acceptors (Lipinski definition) is 5. The molecule has 0 unspecified atom stereocenters. The van der Waals surface area contributed by atoms with E-state index >= 15 is 0 Å². The van der Waals surface area contributed by atoms with E-state index in [-0.39, 0.29) is 24.4 Å². The Bertz CT molecular complexity index is 913. The van der Waals surface area contributed by atoms with Gasteiger partial charge in [-0.15, -0.1) is 0 Å². The average molecular weight is 368 g/mol. The molecule has 0 spiro atoms. The van der Waals surface area contributed by atoms with Crippen LogP contribution in [0.2, 0.25) is 5.02 Å². The Morgan fingerprint density at radius 1 is 1.42 bits per heavy atom. The third-order valence-corrected chi connectivity index (χ3v) is 6.86. The zero-order chi connectivity index (χ0) is 16.9. The highest BCUT2D eigenvalue weighted by atomic mass is 35.5. The van der Waals surface area contributed by atoms with Crippen LogP contribution in [0, 0.1) is 0 Å². The molecule has 24 heavy (non-hydrogen) atoms. The number of anilines is 1. The van der Waals surface area contributed by atoms with Crippen molar-refractivity contribution < 1.29 is 13.2 Å². The highest BCUT2D eigenvalue weighted by Crippen LogP contribution is 2.33. The van der Waals surface area contributed by atoms with Gasteiger partial charge >= 0.3 is 6.03 Å². The Morgan fingerprint density at radius 3 is 2.92 bits per heavy atom. The van der Waals surface area contributed by atoms with E-state index in [0.717, 1.165) is 0 Å². The molecule has 1 N–H and O–H groups in total. The van der Waals surface area contributed by atoms with Crippen molar-refractivity contribution in [3.63, 3.8) is 0 Å². The first-order valence-corrected chi connectivity index (χ1v) is 9.48. The van der Waals surface area contributed by atoms with E-state index in [4.69, 9.17) is 11.6 Å². The number of sulfone groups is 1. The summed E-state index contributed by atoms with van der Waals surface area (Å²) in [6.07, 6.45) is 5.23. The molecule has 2 amide bonds. The fourth-order valence-corrected chi connectivity index (χ4v) is 5.42. The molecule has 2 aromatic heterocycles. The number of pyridine rings is 1. The number of urea groups is 1. The predicted molar refractivity (Wildman–Crippen MR) is 88.1 cm³/mol. The van der Waals surface area contributed by atoms with Gasteiger partial charge in [0, 0.05) is 18.8 Å². The quantitative estimate of drug-likeness (QED) is 0.863. The zero-order valence-corrected chi connectivity index (χ0v) is 14.0. The first-order valence-electron chi connectivity index (χ1n) is 7.39. The van der Waals surface area contributed by atoms with Gasteiger partial charge in [-0.05, 0) is 18.6 Å². The maximum Gasteiger partial charge on any atom is 0.322 e. The van der Waals surface area contributed by atoms with Crippen molar-refractivity contribution in [3.05, 3.63) is 35.7 Å². The molecule has 0 aliphatic carbocycles. The molecular formula is C14H14ClN5O3S. The number of fused-ring (bicyclic) bond motifs is 2. The van der Waals surface area contributed by atoms with E-state index < -0.39 is 15.1 Å². The van der Waals surface area contributed by atoms with Crippen molar-refractivity contribution in [1.82, 2.24) is 19.7 Å². The second-order valence-electron chi connectivity index (χ2n) is 5.91. The van der Waals surface area contributed by atoms with Crippen molar-refractivity contribution >= 4 is 33.2 Å². The van der Waals surface area contributed by atoms with Crippen molar-refractivity contribution in [2.45, 2.75) is 17.7 Å². The van der Waals surface area contributed by atoms with E-state index in [1.54, 1.807) is 29.4 Å². The number of carbonyl (C=O) groups excluding carboxylic acids is 1. The molecule has 2 fully saturated rings. The predicted octanol–water partition coefficient (Wildman–Crippen LogP) is 1.32. The zero-order valence-electron chi connectivity index (χ0n) is 12.5. The molecule has 4 heterocycles. The number of rotatable bonds is 2. The minimum atomic E-state index is -3.02. The fourth-order valence-electron chi connectivity index (χ4n) is 3.19. The van der Waals surface area contributed by atoms with E-state index in [1.807, 2.05) is 0 Å². The third kappa shape index (κ3) is 2.53. The molecule has 2 aromatic rings. The molecule has 0 saturated carbocycles. The second-order valence-corrected chi connectivity index (χ2v) is 8.64. The summed E-state index contributed by atoms with van der Waals surface area (Å²) < 4.78 is 25.0. The molecule has 2 bridgehead atoms. The van der Waals surface area contributed by atoms with Gasteiger partial charge in [0.05, 0.1) is 34.1 Å². The van der Waals surface area contributed by atoms with Crippen molar-refractivity contribution in [3.8, 4) is 5.82 Å². The Balaban J connectivity index is 1.48. The van der Waals surface area contributed by atoms with Crippen LogP contribution in [-0.2, 0) is 9.84 Å². The van der Waals surface area contributed by atoms with Gasteiger partial charge in [0.15, 0.2) is 15.7 Å². The van der Waals surface area contributed by atoms with Crippen molar-refractivity contribution in [2.75, 3.05) is 17.6 Å². The van der Waals surface area contributed by atoms with Crippen LogP contribution in [-0.4, -0.2) is 57.7 Å². The second kappa shape index (κ2) is 5.45. The fraction of sp³-hybridized carbons (Fsp3) is 0.357. The van der Waals surface area contributed by atoms with Crippen LogP contribution in [0.25, 0.3) is 5.82 Å². The molecule has 126 valence electrons. The number of halogens is 1. The highest BCUT2D eigenvalue weighted by molar-refractivity contribution is 7.92. The SMILES string of the molecule is O=C(Nc1cnn(-c2ncccc2Cl)c1)N1C[C@@H]2C[C@H]1CS2(=O)=O. The molecule has 8 nitrogen and oxygen atoms in total. The van der Waals surface area contributed by atoms with Crippen LogP contribution in [0.15, 0.2) is 30.7 Å². The minimum Gasteiger partial charge on any atom is -0.319 e. The number of likely N-dealkylation sites (tertiary alicyclic amines) is 1. The summed E-state index contributed by atoms with van der Waals surface area (Å²) in [6.45, 7) is 0.249. The van der Waals surface area contributed by atoms with Gasteiger partial charge < -0.3 is 10.2 Å². The molecule has 2 aliphatic rings. The maximum absolute atomic E-state index is 12.4. The summed E-state index contributed by atoms with van der Waals surface area (Å²) >= 11 is 6.07. The topological polar surface area (TPSA) is 97.2 Å². The molecule has 2 aliphatic heterocycles. The molecule has 2 saturated heterocycles. The lowest BCUT2D eigenvalue weighted by Gasteiger charge is -2.26. The third-order valence-electron chi connectivity index (χ3n) is 4.36. The Labute approximate surface area is 143 Å². The minimum absolute atomic E-state index is 0.0495. The van der Waals surface area contributed by atoms with Crippen molar-refractivity contribution in [2.24, 2.45) is 0 Å². The van der Waals surface area contributed by atoms with Crippen molar-refractivity contribution in [1.29, 1.82) is 0 Å². The first kappa shape index (κ1) is 15.4. The molecule has 10 heteroatoms. The number of amides is 2. The van der Waals surface area contributed by atoms with Crippen LogP contribution >= 0.6 is 11.6 Å². The lowest BCUT2D eigenvalue weighted by Crippen LogP contribution is -2.45. The average Bonchev–Trinajstić information content (AvgIpc) is 3.21. The molecule has 4 rings (SSSR count). The summed E-state index contributed by atoms with van der Waals surface area (Å²) in [5.41, 5.74) is 0.493.